The molecule has 0 unspecified atom stereocenters. The lowest BCUT2D eigenvalue weighted by atomic mass is 10.4. The van der Waals surface area contributed by atoms with Gasteiger partial charge < -0.3 is 10.2 Å². The topological polar surface area (TPSA) is 71.3 Å². The molecular formula is C8H14N4O2. The normalized spacial score (nSPS) is 10.5. The average molecular weight is 198 g/mol. The van der Waals surface area contributed by atoms with Crippen LogP contribution in [0.1, 0.15) is 16.9 Å². The molecule has 1 aromatic rings. The number of nitrogens with zero attached hydrogens (tertiary/aromatic N) is 3. The van der Waals surface area contributed by atoms with Crippen LogP contribution in [0.4, 0.5) is 0 Å². The molecule has 1 N–H and O–H groups in total. The Balaban J connectivity index is 2.16. The third-order valence-corrected chi connectivity index (χ3v) is 1.66. The third kappa shape index (κ3) is 3.53. The van der Waals surface area contributed by atoms with Crippen molar-refractivity contribution in [3.63, 3.8) is 0 Å². The zero-order chi connectivity index (χ0) is 10.4. The Kier molecular flexibility index (Phi) is 4.06. The second-order valence-electron chi connectivity index (χ2n) is 3.21. The summed E-state index contributed by atoms with van der Waals surface area (Å²) in [7, 11) is 3.98. The van der Waals surface area contributed by atoms with Crippen molar-refractivity contribution in [3.8, 4) is 0 Å². The molecule has 0 radical (unpaired) electrons. The fourth-order valence-electron chi connectivity index (χ4n) is 0.952. The first-order chi connectivity index (χ1) is 6.70. The van der Waals surface area contributed by atoms with Gasteiger partial charge in [-0.3, -0.25) is 4.79 Å². The van der Waals surface area contributed by atoms with Gasteiger partial charge in [0.25, 0.3) is 5.91 Å². The number of amides is 1. The number of nitrogens with one attached hydrogen (secondary N) is 1. The highest BCUT2D eigenvalue weighted by molar-refractivity contribution is 5.91. The molecule has 1 rings (SSSR count). The Morgan fingerprint density at radius 1 is 1.64 bits per heavy atom. The number of carbonyl (C=O) groups is 1. The summed E-state index contributed by atoms with van der Waals surface area (Å²) in [6.45, 7) is 1.57. The highest BCUT2D eigenvalue weighted by Gasteiger charge is 2.08. The van der Waals surface area contributed by atoms with Crippen LogP contribution in [-0.2, 0) is 0 Å². The largest absolute Gasteiger partial charge is 0.350 e. The summed E-state index contributed by atoms with van der Waals surface area (Å²) in [4.78, 5) is 13.3. The molecule has 0 atom stereocenters. The molecule has 0 saturated heterocycles. The molecule has 0 aliphatic carbocycles. The molecule has 0 aliphatic rings. The summed E-state index contributed by atoms with van der Waals surface area (Å²) < 4.78 is 4.31. The lowest BCUT2D eigenvalue weighted by molar-refractivity contribution is 0.0942. The van der Waals surface area contributed by atoms with E-state index in [1.807, 2.05) is 14.1 Å². The van der Waals surface area contributed by atoms with Gasteiger partial charge in [-0.25, -0.2) is 4.63 Å². The molecule has 6 nitrogen and oxygen atoms in total. The molecule has 0 aliphatic heterocycles. The van der Waals surface area contributed by atoms with Crippen LogP contribution >= 0.6 is 0 Å². The summed E-state index contributed by atoms with van der Waals surface area (Å²) in [6.07, 6.45) is 2.20. The van der Waals surface area contributed by atoms with Gasteiger partial charge in [0.1, 0.15) is 6.20 Å². The van der Waals surface area contributed by atoms with Crippen molar-refractivity contribution >= 4 is 5.91 Å². The lowest BCUT2D eigenvalue weighted by Crippen LogP contribution is -2.27. The van der Waals surface area contributed by atoms with Gasteiger partial charge in [-0.05, 0) is 32.2 Å². The van der Waals surface area contributed by atoms with Crippen molar-refractivity contribution < 1.29 is 9.42 Å². The van der Waals surface area contributed by atoms with Crippen LogP contribution in [0.2, 0.25) is 0 Å². The fraction of sp³-hybridized carbons (Fsp3) is 0.625. The van der Waals surface area contributed by atoms with E-state index < -0.39 is 0 Å². The first kappa shape index (κ1) is 10.6. The van der Waals surface area contributed by atoms with Gasteiger partial charge in [-0.1, -0.05) is 5.16 Å². The van der Waals surface area contributed by atoms with Gasteiger partial charge in [-0.2, -0.15) is 0 Å². The molecule has 78 valence electrons. The van der Waals surface area contributed by atoms with Crippen LogP contribution in [0, 0.1) is 0 Å². The number of carbonyl (C=O) groups excluding carboxylic acids is 1. The van der Waals surface area contributed by atoms with E-state index in [4.69, 9.17) is 0 Å². The minimum atomic E-state index is -0.245. The van der Waals surface area contributed by atoms with E-state index in [0.717, 1.165) is 13.0 Å². The van der Waals surface area contributed by atoms with E-state index in [1.54, 1.807) is 0 Å². The predicted octanol–water partition coefficient (Wildman–Crippen LogP) is -0.249. The summed E-state index contributed by atoms with van der Waals surface area (Å²) >= 11 is 0. The zero-order valence-electron chi connectivity index (χ0n) is 8.36. The quantitative estimate of drug-likeness (QED) is 0.661. The molecule has 0 fully saturated rings. The van der Waals surface area contributed by atoms with E-state index >= 15 is 0 Å². The lowest BCUT2D eigenvalue weighted by Gasteiger charge is -2.08. The average Bonchev–Trinajstić information content (AvgIpc) is 2.64. The number of rotatable bonds is 5. The van der Waals surface area contributed by atoms with Gasteiger partial charge in [0.05, 0.1) is 0 Å². The monoisotopic (exact) mass is 198 g/mol. The zero-order valence-corrected chi connectivity index (χ0v) is 8.36. The van der Waals surface area contributed by atoms with Crippen LogP contribution in [-0.4, -0.2) is 48.3 Å². The molecule has 0 aromatic carbocycles. The van der Waals surface area contributed by atoms with Crippen molar-refractivity contribution in [2.45, 2.75) is 6.42 Å². The summed E-state index contributed by atoms with van der Waals surface area (Å²) in [5.74, 6) is -0.245. The maximum Gasteiger partial charge on any atom is 0.275 e. The van der Waals surface area contributed by atoms with Crippen molar-refractivity contribution in [1.82, 2.24) is 20.5 Å². The van der Waals surface area contributed by atoms with Gasteiger partial charge in [0.15, 0.2) is 5.69 Å². The Morgan fingerprint density at radius 3 is 3.00 bits per heavy atom. The standard InChI is InChI=1S/C8H14N4O2/c1-12(2)5-3-4-9-8(13)7-6-10-14-11-7/h6H,3-5H2,1-2H3,(H,9,13). The maximum absolute atomic E-state index is 11.3. The van der Waals surface area contributed by atoms with Crippen LogP contribution in [0.5, 0.6) is 0 Å². The van der Waals surface area contributed by atoms with Crippen LogP contribution in [0.3, 0.4) is 0 Å². The molecular weight excluding hydrogens is 184 g/mol. The smallest absolute Gasteiger partial charge is 0.275 e. The van der Waals surface area contributed by atoms with E-state index in [0.29, 0.717) is 6.54 Å². The summed E-state index contributed by atoms with van der Waals surface area (Å²) in [5.41, 5.74) is 0.217. The third-order valence-electron chi connectivity index (χ3n) is 1.66. The molecule has 0 saturated carbocycles. The Labute approximate surface area is 82.2 Å². The molecule has 1 amide bonds. The predicted molar refractivity (Wildman–Crippen MR) is 49.8 cm³/mol. The molecule has 1 aromatic heterocycles. The van der Waals surface area contributed by atoms with Gasteiger partial charge in [0.2, 0.25) is 0 Å². The van der Waals surface area contributed by atoms with Crippen LogP contribution in [0.15, 0.2) is 10.8 Å². The van der Waals surface area contributed by atoms with E-state index in [1.165, 1.54) is 6.20 Å². The van der Waals surface area contributed by atoms with Crippen LogP contribution in [0.25, 0.3) is 0 Å². The highest BCUT2D eigenvalue weighted by Crippen LogP contribution is 1.90. The van der Waals surface area contributed by atoms with Gasteiger partial charge in [-0.15, -0.1) is 0 Å². The van der Waals surface area contributed by atoms with E-state index in [-0.39, 0.29) is 11.6 Å². The molecule has 0 bridgehead atoms. The first-order valence-corrected chi connectivity index (χ1v) is 4.40. The second kappa shape index (κ2) is 5.33. The maximum atomic E-state index is 11.3. The minimum absolute atomic E-state index is 0.217. The SMILES string of the molecule is CN(C)CCCNC(=O)c1cnon1. The van der Waals surface area contributed by atoms with E-state index in [2.05, 4.69) is 25.2 Å². The molecule has 0 spiro atoms. The first-order valence-electron chi connectivity index (χ1n) is 4.40. The molecule has 1 heterocycles. The van der Waals surface area contributed by atoms with Crippen molar-refractivity contribution in [3.05, 3.63) is 11.9 Å². The number of hydrogen-bond donors (Lipinski definition) is 1. The number of aromatic nitrogens is 2. The summed E-state index contributed by atoms with van der Waals surface area (Å²) in [5, 5.41) is 9.48. The highest BCUT2D eigenvalue weighted by atomic mass is 16.6. The second-order valence-corrected chi connectivity index (χ2v) is 3.21. The Morgan fingerprint density at radius 2 is 2.43 bits per heavy atom. The van der Waals surface area contributed by atoms with Gasteiger partial charge >= 0.3 is 0 Å². The van der Waals surface area contributed by atoms with Crippen molar-refractivity contribution in [2.24, 2.45) is 0 Å². The number of hydrogen-bond acceptors (Lipinski definition) is 5. The Hall–Kier alpha value is -1.43. The van der Waals surface area contributed by atoms with E-state index in [9.17, 15) is 4.79 Å². The van der Waals surface area contributed by atoms with Gasteiger partial charge in [0, 0.05) is 6.54 Å². The summed E-state index contributed by atoms with van der Waals surface area (Å²) in [6, 6.07) is 0. The molecule has 6 heteroatoms. The molecule has 14 heavy (non-hydrogen) atoms. The van der Waals surface area contributed by atoms with Crippen molar-refractivity contribution in [1.29, 1.82) is 0 Å². The van der Waals surface area contributed by atoms with Crippen LogP contribution < -0.4 is 5.32 Å². The Bertz CT molecular complexity index is 271. The fourth-order valence-corrected chi connectivity index (χ4v) is 0.952. The van der Waals surface area contributed by atoms with Crippen molar-refractivity contribution in [2.75, 3.05) is 27.2 Å². The minimum Gasteiger partial charge on any atom is -0.350 e.